The van der Waals surface area contributed by atoms with E-state index in [9.17, 15) is 27.2 Å². The molecule has 0 radical (unpaired) electrons. The number of ketones is 1. The number of fused-ring (bicyclic) bond motifs is 3. The normalized spacial score (nSPS) is 22.0. The van der Waals surface area contributed by atoms with Crippen molar-refractivity contribution in [3.63, 3.8) is 0 Å². The van der Waals surface area contributed by atoms with Crippen LogP contribution in [0.4, 0.5) is 4.39 Å². The van der Waals surface area contributed by atoms with E-state index in [1.54, 1.807) is 36.5 Å². The molecule has 320 valence electrons. The van der Waals surface area contributed by atoms with Crippen LogP contribution < -0.4 is 14.2 Å². The summed E-state index contributed by atoms with van der Waals surface area (Å²) >= 11 is 0. The first-order valence-corrected chi connectivity index (χ1v) is 22.3. The molecule has 1 aliphatic heterocycles. The van der Waals surface area contributed by atoms with E-state index in [0.717, 1.165) is 5.56 Å². The zero-order valence-electron chi connectivity index (χ0n) is 34.9. The van der Waals surface area contributed by atoms with Gasteiger partial charge in [0.1, 0.15) is 28.7 Å². The van der Waals surface area contributed by atoms with Gasteiger partial charge in [0.15, 0.2) is 17.2 Å². The summed E-state index contributed by atoms with van der Waals surface area (Å²) in [4.78, 5) is 59.1. The third kappa shape index (κ3) is 8.62. The Bertz CT molecular complexity index is 2620. The zero-order valence-corrected chi connectivity index (χ0v) is 35.7. The third-order valence-electron chi connectivity index (χ3n) is 12.0. The maximum absolute atomic E-state index is 15.0. The predicted molar refractivity (Wildman–Crippen MR) is 226 cm³/mol. The number of nitrogens with one attached hydrogen (secondary N) is 1. The number of likely N-dealkylation sites (tertiary alicyclic amines) is 1. The van der Waals surface area contributed by atoms with E-state index in [1.165, 1.54) is 17.0 Å². The van der Waals surface area contributed by atoms with Crippen molar-refractivity contribution < 1.29 is 41.1 Å². The average Bonchev–Trinajstić information content (AvgIpc) is 4.12. The molecular formula is C46H50FN5O8S. The second kappa shape index (κ2) is 16.0. The largest absolute Gasteiger partial charge is 0.491 e. The molecule has 2 saturated carbocycles. The lowest BCUT2D eigenvalue weighted by atomic mass is 9.76. The van der Waals surface area contributed by atoms with Crippen LogP contribution in [-0.2, 0) is 30.8 Å². The molecule has 0 unspecified atom stereocenters. The number of rotatable bonds is 15. The second-order valence-electron chi connectivity index (χ2n) is 17.9. The first kappa shape index (κ1) is 42.0. The molecule has 61 heavy (non-hydrogen) atoms. The fourth-order valence-corrected chi connectivity index (χ4v) is 9.71. The Kier molecular flexibility index (Phi) is 11.0. The number of nitrogens with zero attached hydrogens (tertiary/aromatic N) is 4. The SMILES string of the molecule is C=C[C@@H]1C[C@]1(CC(=O)[C@@H]1C[C@@H](Oc2nc(-c3ccc(OC(C)C)cc3)nc3c2oc2cccnc23)CN1C(=O)[C@@H](Cc1ccc(F)cc1)C(C)(C)C)C(=O)NS(=O)(=O)C1CC1. The van der Waals surface area contributed by atoms with Crippen LogP contribution in [0.1, 0.15) is 72.3 Å². The highest BCUT2D eigenvalue weighted by atomic mass is 32.2. The van der Waals surface area contributed by atoms with Crippen molar-refractivity contribution in [3.05, 3.63) is 90.9 Å². The van der Waals surface area contributed by atoms with Crippen molar-refractivity contribution in [3.8, 4) is 23.0 Å². The topological polar surface area (TPSA) is 171 Å². The number of hydrogen-bond donors (Lipinski definition) is 1. The maximum atomic E-state index is 15.0. The summed E-state index contributed by atoms with van der Waals surface area (Å²) in [6.45, 7) is 13.5. The van der Waals surface area contributed by atoms with Gasteiger partial charge in [-0.25, -0.2) is 17.8 Å². The van der Waals surface area contributed by atoms with E-state index in [-0.39, 0.29) is 55.7 Å². The summed E-state index contributed by atoms with van der Waals surface area (Å²) in [6.07, 6.45) is 3.63. The van der Waals surface area contributed by atoms with Gasteiger partial charge in [-0.2, -0.15) is 4.98 Å². The van der Waals surface area contributed by atoms with Gasteiger partial charge in [0.25, 0.3) is 5.88 Å². The van der Waals surface area contributed by atoms with Crippen LogP contribution in [0.2, 0.25) is 0 Å². The van der Waals surface area contributed by atoms with Crippen LogP contribution in [0.3, 0.4) is 0 Å². The molecule has 2 aliphatic carbocycles. The Balaban J connectivity index is 1.14. The van der Waals surface area contributed by atoms with Gasteiger partial charge in [0.05, 0.1) is 29.4 Å². The third-order valence-corrected chi connectivity index (χ3v) is 13.8. The second-order valence-corrected chi connectivity index (χ2v) is 19.9. The van der Waals surface area contributed by atoms with E-state index in [0.29, 0.717) is 46.6 Å². The number of Topliss-reactive ketones (excluding diaryl/α,β-unsaturated/α-hetero) is 1. The molecule has 3 fully saturated rings. The Hall–Kier alpha value is -5.70. The van der Waals surface area contributed by atoms with Crippen molar-refractivity contribution in [2.24, 2.45) is 22.7 Å². The van der Waals surface area contributed by atoms with Gasteiger partial charge in [-0.15, -0.1) is 6.58 Å². The lowest BCUT2D eigenvalue weighted by molar-refractivity contribution is -0.144. The van der Waals surface area contributed by atoms with Crippen LogP contribution in [-0.4, -0.2) is 75.9 Å². The van der Waals surface area contributed by atoms with E-state index in [2.05, 4.69) is 16.3 Å². The number of benzene rings is 2. The number of amides is 2. The minimum absolute atomic E-state index is 0.00801. The standard InChI is InChI=1S/C46H50FN5O8S/c1-7-29-23-46(29,44(55)51-61(56,57)33-18-19-33)24-36(53)35-22-32(25-52(35)43(54)34(45(4,5)6)21-27-10-14-30(47)15-11-27)59-42-40-39(38-37(60-40)9-8-20-48-38)49-41(50-42)28-12-16-31(17-13-28)58-26(2)3/h7-17,20,26,29,32-35H,1,18-19,21-25H2,2-6H3,(H,51,55)/t29-,32-,34-,35+,46-/m1/s1. The monoisotopic (exact) mass is 851 g/mol. The molecule has 8 rings (SSSR count). The van der Waals surface area contributed by atoms with Crippen LogP contribution >= 0.6 is 0 Å². The number of furan rings is 1. The van der Waals surface area contributed by atoms with Gasteiger partial charge in [0, 0.05) is 30.5 Å². The van der Waals surface area contributed by atoms with Crippen molar-refractivity contribution in [2.45, 2.75) is 96.6 Å². The van der Waals surface area contributed by atoms with Gasteiger partial charge < -0.3 is 18.8 Å². The molecule has 5 atom stereocenters. The fraction of sp³-hybridized carbons (Fsp3) is 0.435. The van der Waals surface area contributed by atoms with E-state index in [1.807, 2.05) is 58.9 Å². The lowest BCUT2D eigenvalue weighted by Crippen LogP contribution is -2.48. The summed E-state index contributed by atoms with van der Waals surface area (Å²) in [7, 11) is -3.89. The smallest absolute Gasteiger partial charge is 0.262 e. The molecule has 0 spiro atoms. The van der Waals surface area contributed by atoms with Crippen LogP contribution in [0.15, 0.2) is 83.9 Å². The number of carbonyl (C=O) groups is 3. The number of pyridine rings is 1. The van der Waals surface area contributed by atoms with Crippen molar-refractivity contribution in [1.29, 1.82) is 0 Å². The molecule has 1 saturated heterocycles. The Morgan fingerprint density at radius 3 is 2.41 bits per heavy atom. The Labute approximate surface area is 354 Å². The van der Waals surface area contributed by atoms with E-state index >= 15 is 0 Å². The number of carbonyl (C=O) groups excluding carboxylic acids is 3. The van der Waals surface area contributed by atoms with Crippen molar-refractivity contribution in [2.75, 3.05) is 6.54 Å². The van der Waals surface area contributed by atoms with Crippen molar-refractivity contribution >= 4 is 49.8 Å². The molecular weight excluding hydrogens is 802 g/mol. The first-order chi connectivity index (χ1) is 29.0. The first-order valence-electron chi connectivity index (χ1n) is 20.7. The van der Waals surface area contributed by atoms with Gasteiger partial charge in [-0.05, 0) is 105 Å². The molecule has 3 aliphatic rings. The Morgan fingerprint density at radius 1 is 1.05 bits per heavy atom. The molecule has 15 heteroatoms. The molecule has 5 aromatic rings. The van der Waals surface area contributed by atoms with Gasteiger partial charge in [-0.1, -0.05) is 39.0 Å². The average molecular weight is 852 g/mol. The van der Waals surface area contributed by atoms with Crippen molar-refractivity contribution in [1.82, 2.24) is 24.6 Å². The summed E-state index contributed by atoms with van der Waals surface area (Å²) in [5.74, 6) is -1.80. The minimum atomic E-state index is -3.89. The summed E-state index contributed by atoms with van der Waals surface area (Å²) in [5.41, 5.74) is 1.14. The minimum Gasteiger partial charge on any atom is -0.491 e. The molecule has 0 bridgehead atoms. The zero-order chi connectivity index (χ0) is 43.4. The quantitative estimate of drug-likeness (QED) is 0.104. The summed E-state index contributed by atoms with van der Waals surface area (Å²) in [5, 5.41) is -0.629. The number of aromatic nitrogens is 3. The Morgan fingerprint density at radius 2 is 1.77 bits per heavy atom. The van der Waals surface area contributed by atoms with Crippen LogP contribution in [0.5, 0.6) is 11.6 Å². The molecule has 2 amide bonds. The lowest BCUT2D eigenvalue weighted by Gasteiger charge is -2.35. The van der Waals surface area contributed by atoms with E-state index < -0.39 is 67.6 Å². The molecule has 3 aromatic heterocycles. The summed E-state index contributed by atoms with van der Waals surface area (Å²) < 4.78 is 60.7. The van der Waals surface area contributed by atoms with Gasteiger partial charge in [-0.3, -0.25) is 24.1 Å². The number of hydrogen-bond acceptors (Lipinski definition) is 11. The number of ether oxygens (including phenoxy) is 2. The predicted octanol–water partition coefficient (Wildman–Crippen LogP) is 7.38. The number of allylic oxidation sites excluding steroid dienone is 1. The maximum Gasteiger partial charge on any atom is 0.262 e. The van der Waals surface area contributed by atoms with E-state index in [4.69, 9.17) is 23.9 Å². The van der Waals surface area contributed by atoms with Gasteiger partial charge >= 0.3 is 0 Å². The fourth-order valence-electron chi connectivity index (χ4n) is 8.32. The molecule has 1 N–H and O–H groups in total. The molecule has 2 aromatic carbocycles. The molecule has 4 heterocycles. The number of halogens is 1. The van der Waals surface area contributed by atoms with Crippen LogP contribution in [0.25, 0.3) is 33.6 Å². The molecule has 13 nitrogen and oxygen atoms in total. The summed E-state index contributed by atoms with van der Waals surface area (Å²) in [6, 6.07) is 15.8. The highest BCUT2D eigenvalue weighted by molar-refractivity contribution is 7.90. The highest BCUT2D eigenvalue weighted by Gasteiger charge is 2.61. The van der Waals surface area contributed by atoms with Crippen LogP contribution in [0, 0.1) is 28.5 Å². The number of sulfonamides is 1. The highest BCUT2D eigenvalue weighted by Crippen LogP contribution is 2.57. The van der Waals surface area contributed by atoms with Gasteiger partial charge in [0.2, 0.25) is 27.4 Å².